The third-order valence-corrected chi connectivity index (χ3v) is 6.12. The van der Waals surface area contributed by atoms with Crippen molar-refractivity contribution in [2.24, 2.45) is 5.92 Å². The van der Waals surface area contributed by atoms with Gasteiger partial charge in [-0.15, -0.1) is 11.3 Å². The fourth-order valence-corrected chi connectivity index (χ4v) is 4.48. The number of imide groups is 1. The summed E-state index contributed by atoms with van der Waals surface area (Å²) in [4.78, 5) is 30.7. The second-order valence-electron chi connectivity index (χ2n) is 6.80. The molecule has 0 atom stereocenters. The van der Waals surface area contributed by atoms with Crippen LogP contribution in [0, 0.1) is 5.92 Å². The highest BCUT2D eigenvalue weighted by atomic mass is 35.5. The van der Waals surface area contributed by atoms with Gasteiger partial charge >= 0.3 is 0 Å². The van der Waals surface area contributed by atoms with E-state index in [9.17, 15) is 9.59 Å². The Kier molecular flexibility index (Phi) is 4.59. The molecule has 1 fully saturated rings. The summed E-state index contributed by atoms with van der Waals surface area (Å²) in [6.45, 7) is 3.83. The number of anilines is 1. The molecule has 1 aromatic heterocycles. The third kappa shape index (κ3) is 2.95. The Morgan fingerprint density at radius 2 is 1.85 bits per heavy atom. The zero-order valence-corrected chi connectivity index (χ0v) is 16.0. The lowest BCUT2D eigenvalue weighted by Gasteiger charge is -2.32. The standard InChI is InChI=1S/C20H19ClN2O2S/c1-13-7-9-22(10-8-13)18-17(16-6-3-11-26-16)19(24)23(20(18)25)15-5-2-4-14(21)12-15/h2-6,11-13H,7-10H2,1H3. The maximum Gasteiger partial charge on any atom is 0.282 e. The van der Waals surface area contributed by atoms with Crippen molar-refractivity contribution in [3.8, 4) is 0 Å². The molecule has 1 saturated heterocycles. The Morgan fingerprint density at radius 3 is 2.50 bits per heavy atom. The molecule has 1 aromatic carbocycles. The number of halogens is 1. The molecule has 4 nitrogen and oxygen atoms in total. The van der Waals surface area contributed by atoms with E-state index in [4.69, 9.17) is 11.6 Å². The number of rotatable bonds is 3. The lowest BCUT2D eigenvalue weighted by molar-refractivity contribution is -0.120. The molecule has 134 valence electrons. The molecule has 26 heavy (non-hydrogen) atoms. The average Bonchev–Trinajstić information content (AvgIpc) is 3.22. The topological polar surface area (TPSA) is 40.6 Å². The first kappa shape index (κ1) is 17.3. The number of amides is 2. The zero-order chi connectivity index (χ0) is 18.3. The number of thiophene rings is 1. The molecule has 0 saturated carbocycles. The van der Waals surface area contributed by atoms with Gasteiger partial charge in [0.05, 0.1) is 11.3 Å². The van der Waals surface area contributed by atoms with Gasteiger partial charge in [-0.3, -0.25) is 9.59 Å². The van der Waals surface area contributed by atoms with Crippen molar-refractivity contribution in [3.63, 3.8) is 0 Å². The van der Waals surface area contributed by atoms with Gasteiger partial charge in [0, 0.05) is 23.0 Å². The van der Waals surface area contributed by atoms with Crippen molar-refractivity contribution in [1.82, 2.24) is 4.90 Å². The maximum absolute atomic E-state index is 13.3. The summed E-state index contributed by atoms with van der Waals surface area (Å²) >= 11 is 7.57. The zero-order valence-electron chi connectivity index (χ0n) is 14.4. The number of benzene rings is 1. The van der Waals surface area contributed by atoms with Crippen LogP contribution in [-0.4, -0.2) is 29.8 Å². The predicted octanol–water partition coefficient (Wildman–Crippen LogP) is 4.42. The molecule has 2 aliphatic rings. The van der Waals surface area contributed by atoms with Crippen molar-refractivity contribution in [2.45, 2.75) is 19.8 Å². The van der Waals surface area contributed by atoms with Gasteiger partial charge in [0.25, 0.3) is 11.8 Å². The normalized spacial score (nSPS) is 19.0. The Balaban J connectivity index is 1.79. The minimum absolute atomic E-state index is 0.254. The molecular weight excluding hydrogens is 368 g/mol. The summed E-state index contributed by atoms with van der Waals surface area (Å²) in [5, 5.41) is 2.43. The molecule has 2 aromatic rings. The fourth-order valence-electron chi connectivity index (χ4n) is 3.54. The molecule has 0 unspecified atom stereocenters. The van der Waals surface area contributed by atoms with Crippen LogP contribution in [-0.2, 0) is 9.59 Å². The van der Waals surface area contributed by atoms with Gasteiger partial charge in [-0.25, -0.2) is 4.90 Å². The lowest BCUT2D eigenvalue weighted by Crippen LogP contribution is -2.38. The second-order valence-corrected chi connectivity index (χ2v) is 8.18. The summed E-state index contributed by atoms with van der Waals surface area (Å²) in [6, 6.07) is 10.7. The number of hydrogen-bond donors (Lipinski definition) is 0. The highest BCUT2D eigenvalue weighted by molar-refractivity contribution is 7.11. The summed E-state index contributed by atoms with van der Waals surface area (Å²) in [7, 11) is 0. The van der Waals surface area contributed by atoms with Gasteiger partial charge in [-0.1, -0.05) is 30.7 Å². The minimum Gasteiger partial charge on any atom is -0.366 e. The van der Waals surface area contributed by atoms with Crippen molar-refractivity contribution in [1.29, 1.82) is 0 Å². The largest absolute Gasteiger partial charge is 0.366 e. The first-order valence-electron chi connectivity index (χ1n) is 8.73. The van der Waals surface area contributed by atoms with Gasteiger partial charge < -0.3 is 4.90 Å². The van der Waals surface area contributed by atoms with E-state index in [1.807, 2.05) is 17.5 Å². The Labute approximate surface area is 161 Å². The first-order chi connectivity index (χ1) is 12.6. The van der Waals surface area contributed by atoms with Crippen molar-refractivity contribution in [3.05, 3.63) is 57.4 Å². The third-order valence-electron chi connectivity index (χ3n) is 4.99. The number of likely N-dealkylation sites (tertiary alicyclic amines) is 1. The van der Waals surface area contributed by atoms with Crippen LogP contribution in [0.3, 0.4) is 0 Å². The van der Waals surface area contributed by atoms with Crippen LogP contribution < -0.4 is 4.90 Å². The van der Waals surface area contributed by atoms with Gasteiger partial charge in [0.15, 0.2) is 0 Å². The summed E-state index contributed by atoms with van der Waals surface area (Å²) < 4.78 is 0. The number of piperidine rings is 1. The SMILES string of the molecule is CC1CCN(C2=C(c3cccs3)C(=O)N(c3cccc(Cl)c3)C2=O)CC1. The van der Waals surface area contributed by atoms with Crippen molar-refractivity contribution >= 4 is 46.0 Å². The molecule has 0 spiro atoms. The minimum atomic E-state index is -0.270. The predicted molar refractivity (Wildman–Crippen MR) is 105 cm³/mol. The van der Waals surface area contributed by atoms with Crippen LogP contribution in [0.2, 0.25) is 5.02 Å². The van der Waals surface area contributed by atoms with Gasteiger partial charge in [-0.2, -0.15) is 0 Å². The molecule has 2 amide bonds. The van der Waals surface area contributed by atoms with Crippen LogP contribution in [0.1, 0.15) is 24.6 Å². The molecule has 0 radical (unpaired) electrons. The second kappa shape index (κ2) is 6.89. The Morgan fingerprint density at radius 1 is 1.08 bits per heavy atom. The van der Waals surface area contributed by atoms with E-state index in [1.165, 1.54) is 16.2 Å². The van der Waals surface area contributed by atoms with E-state index < -0.39 is 0 Å². The maximum atomic E-state index is 13.3. The Hall–Kier alpha value is -2.11. The van der Waals surface area contributed by atoms with Crippen molar-refractivity contribution < 1.29 is 9.59 Å². The van der Waals surface area contributed by atoms with Gasteiger partial charge in [0.1, 0.15) is 5.70 Å². The van der Waals surface area contributed by atoms with Crippen LogP contribution in [0.25, 0.3) is 5.57 Å². The van der Waals surface area contributed by atoms with Crippen LogP contribution in [0.5, 0.6) is 0 Å². The quantitative estimate of drug-likeness (QED) is 0.733. The van der Waals surface area contributed by atoms with E-state index in [0.717, 1.165) is 30.8 Å². The number of carbonyl (C=O) groups is 2. The van der Waals surface area contributed by atoms with Gasteiger partial charge in [-0.05, 0) is 48.4 Å². The molecule has 0 bridgehead atoms. The Bertz CT molecular complexity index is 883. The number of carbonyl (C=O) groups excluding carboxylic acids is 2. The molecule has 6 heteroatoms. The van der Waals surface area contributed by atoms with E-state index in [0.29, 0.717) is 27.9 Å². The highest BCUT2D eigenvalue weighted by Gasteiger charge is 2.43. The van der Waals surface area contributed by atoms with E-state index in [1.54, 1.807) is 24.3 Å². The van der Waals surface area contributed by atoms with Crippen molar-refractivity contribution in [2.75, 3.05) is 18.0 Å². The molecule has 3 heterocycles. The molecule has 0 aliphatic carbocycles. The molecule has 2 aliphatic heterocycles. The first-order valence-corrected chi connectivity index (χ1v) is 9.99. The molecule has 4 rings (SSSR count). The lowest BCUT2D eigenvalue weighted by atomic mass is 9.98. The molecule has 0 N–H and O–H groups in total. The van der Waals surface area contributed by atoms with Crippen LogP contribution in [0.15, 0.2) is 47.5 Å². The summed E-state index contributed by atoms with van der Waals surface area (Å²) in [5.74, 6) is 0.122. The summed E-state index contributed by atoms with van der Waals surface area (Å²) in [5.41, 5.74) is 1.56. The molecular formula is C20H19ClN2O2S. The van der Waals surface area contributed by atoms with Gasteiger partial charge in [0.2, 0.25) is 0 Å². The highest BCUT2D eigenvalue weighted by Crippen LogP contribution is 2.38. The average molecular weight is 387 g/mol. The number of nitrogens with zero attached hydrogens (tertiary/aromatic N) is 2. The van der Waals surface area contributed by atoms with E-state index in [-0.39, 0.29) is 11.8 Å². The van der Waals surface area contributed by atoms with Crippen LogP contribution in [0.4, 0.5) is 5.69 Å². The number of hydrogen-bond acceptors (Lipinski definition) is 4. The van der Waals surface area contributed by atoms with E-state index >= 15 is 0 Å². The van der Waals surface area contributed by atoms with Crippen LogP contribution >= 0.6 is 22.9 Å². The smallest absolute Gasteiger partial charge is 0.282 e. The monoisotopic (exact) mass is 386 g/mol. The van der Waals surface area contributed by atoms with E-state index in [2.05, 4.69) is 11.8 Å². The fraction of sp³-hybridized carbons (Fsp3) is 0.300. The summed E-state index contributed by atoms with van der Waals surface area (Å²) in [6.07, 6.45) is 2.06.